The summed E-state index contributed by atoms with van der Waals surface area (Å²) in [5.74, 6) is 0.151. The first-order valence-corrected chi connectivity index (χ1v) is 7.31. The molecule has 2 atom stereocenters. The second-order valence-electron chi connectivity index (χ2n) is 5.82. The average Bonchev–Trinajstić information content (AvgIpc) is 2.85. The number of halogens is 1. The highest BCUT2D eigenvalue weighted by Gasteiger charge is 2.27. The second-order valence-corrected chi connectivity index (χ2v) is 5.82. The van der Waals surface area contributed by atoms with Crippen molar-refractivity contribution in [2.75, 3.05) is 5.32 Å². The van der Waals surface area contributed by atoms with Crippen molar-refractivity contribution >= 4 is 24.0 Å². The van der Waals surface area contributed by atoms with Gasteiger partial charge < -0.3 is 15.8 Å². The zero-order valence-electron chi connectivity index (χ0n) is 12.7. The summed E-state index contributed by atoms with van der Waals surface area (Å²) in [6, 6.07) is 8.00. The van der Waals surface area contributed by atoms with Crippen LogP contribution in [-0.2, 0) is 16.1 Å². The Kier molecular flexibility index (Phi) is 7.15. The van der Waals surface area contributed by atoms with E-state index in [1.54, 1.807) is 0 Å². The number of nitrogens with two attached hydrogens (primary N) is 1. The first kappa shape index (κ1) is 18.0. The van der Waals surface area contributed by atoms with Crippen LogP contribution in [0.4, 0.5) is 5.69 Å². The SMILES string of the molecule is CC(C)OCc1ccc(NC(=O)C2CCC(N)C2)cc1.Cl. The number of rotatable bonds is 5. The van der Waals surface area contributed by atoms with Crippen molar-refractivity contribution < 1.29 is 9.53 Å². The summed E-state index contributed by atoms with van der Waals surface area (Å²) in [6.07, 6.45) is 2.86. The van der Waals surface area contributed by atoms with Gasteiger partial charge in [-0.3, -0.25) is 4.79 Å². The molecule has 118 valence electrons. The van der Waals surface area contributed by atoms with Gasteiger partial charge in [0.1, 0.15) is 0 Å². The smallest absolute Gasteiger partial charge is 0.227 e. The topological polar surface area (TPSA) is 64.3 Å². The van der Waals surface area contributed by atoms with Gasteiger partial charge in [0.05, 0.1) is 12.7 Å². The minimum absolute atomic E-state index is 0. The van der Waals surface area contributed by atoms with Crippen LogP contribution in [0.3, 0.4) is 0 Å². The molecule has 5 heteroatoms. The molecular formula is C16H25ClN2O2. The molecular weight excluding hydrogens is 288 g/mol. The standard InChI is InChI=1S/C16H24N2O2.ClH/c1-11(2)20-10-12-3-7-15(8-4-12)18-16(19)13-5-6-14(17)9-13;/h3-4,7-8,11,13-14H,5-6,9-10,17H2,1-2H3,(H,18,19);1H. The minimum atomic E-state index is 0. The maximum absolute atomic E-state index is 12.1. The molecule has 1 aromatic rings. The Morgan fingerprint density at radius 3 is 2.52 bits per heavy atom. The molecule has 0 heterocycles. The largest absolute Gasteiger partial charge is 0.374 e. The number of ether oxygens (including phenoxy) is 1. The van der Waals surface area contributed by atoms with E-state index < -0.39 is 0 Å². The van der Waals surface area contributed by atoms with Crippen LogP contribution in [0.25, 0.3) is 0 Å². The van der Waals surface area contributed by atoms with Crippen molar-refractivity contribution in [2.45, 2.75) is 51.9 Å². The van der Waals surface area contributed by atoms with E-state index in [9.17, 15) is 4.79 Å². The highest BCUT2D eigenvalue weighted by molar-refractivity contribution is 5.92. The predicted molar refractivity (Wildman–Crippen MR) is 87.6 cm³/mol. The van der Waals surface area contributed by atoms with E-state index in [1.807, 2.05) is 38.1 Å². The van der Waals surface area contributed by atoms with Crippen molar-refractivity contribution in [3.63, 3.8) is 0 Å². The van der Waals surface area contributed by atoms with E-state index in [-0.39, 0.29) is 36.4 Å². The molecule has 0 saturated heterocycles. The number of benzene rings is 1. The Bertz CT molecular complexity index is 448. The van der Waals surface area contributed by atoms with Crippen LogP contribution in [0.5, 0.6) is 0 Å². The summed E-state index contributed by atoms with van der Waals surface area (Å²) in [4.78, 5) is 12.1. The maximum atomic E-state index is 12.1. The number of amides is 1. The molecule has 4 nitrogen and oxygen atoms in total. The maximum Gasteiger partial charge on any atom is 0.227 e. The van der Waals surface area contributed by atoms with Gasteiger partial charge in [0.15, 0.2) is 0 Å². The molecule has 3 N–H and O–H groups in total. The molecule has 1 amide bonds. The lowest BCUT2D eigenvalue weighted by atomic mass is 10.1. The summed E-state index contributed by atoms with van der Waals surface area (Å²) in [5, 5.41) is 2.96. The molecule has 0 spiro atoms. The van der Waals surface area contributed by atoms with E-state index in [4.69, 9.17) is 10.5 Å². The monoisotopic (exact) mass is 312 g/mol. The van der Waals surface area contributed by atoms with E-state index in [0.29, 0.717) is 6.61 Å². The minimum Gasteiger partial charge on any atom is -0.374 e. The van der Waals surface area contributed by atoms with Crippen LogP contribution in [0.15, 0.2) is 24.3 Å². The van der Waals surface area contributed by atoms with Gasteiger partial charge in [0, 0.05) is 17.6 Å². The molecule has 21 heavy (non-hydrogen) atoms. The van der Waals surface area contributed by atoms with Crippen LogP contribution >= 0.6 is 12.4 Å². The molecule has 1 aliphatic rings. The molecule has 1 saturated carbocycles. The molecule has 0 aromatic heterocycles. The molecule has 2 rings (SSSR count). The van der Waals surface area contributed by atoms with E-state index in [1.165, 1.54) is 0 Å². The molecule has 1 aromatic carbocycles. The van der Waals surface area contributed by atoms with Crippen LogP contribution in [0.2, 0.25) is 0 Å². The third-order valence-corrected chi connectivity index (χ3v) is 3.65. The van der Waals surface area contributed by atoms with Gasteiger partial charge >= 0.3 is 0 Å². The fraction of sp³-hybridized carbons (Fsp3) is 0.562. The van der Waals surface area contributed by atoms with E-state index in [0.717, 1.165) is 30.5 Å². The van der Waals surface area contributed by atoms with Crippen LogP contribution < -0.4 is 11.1 Å². The lowest BCUT2D eigenvalue weighted by Gasteiger charge is -2.12. The number of carbonyl (C=O) groups excluding carboxylic acids is 1. The third kappa shape index (κ3) is 5.65. The summed E-state index contributed by atoms with van der Waals surface area (Å²) >= 11 is 0. The summed E-state index contributed by atoms with van der Waals surface area (Å²) in [5.41, 5.74) is 7.79. The zero-order valence-corrected chi connectivity index (χ0v) is 13.5. The number of anilines is 1. The van der Waals surface area contributed by atoms with Crippen LogP contribution in [-0.4, -0.2) is 18.1 Å². The van der Waals surface area contributed by atoms with Gasteiger partial charge in [0.25, 0.3) is 0 Å². The third-order valence-electron chi connectivity index (χ3n) is 3.65. The van der Waals surface area contributed by atoms with Crippen molar-refractivity contribution in [2.24, 2.45) is 11.7 Å². The summed E-state index contributed by atoms with van der Waals surface area (Å²) in [7, 11) is 0. The fourth-order valence-corrected chi connectivity index (χ4v) is 2.45. The van der Waals surface area contributed by atoms with Crippen molar-refractivity contribution in [3.05, 3.63) is 29.8 Å². The Balaban J connectivity index is 0.00000220. The Labute approximate surface area is 132 Å². The Morgan fingerprint density at radius 2 is 2.00 bits per heavy atom. The molecule has 1 fully saturated rings. The highest BCUT2D eigenvalue weighted by Crippen LogP contribution is 2.25. The van der Waals surface area contributed by atoms with Crippen molar-refractivity contribution in [1.29, 1.82) is 0 Å². The molecule has 0 aliphatic heterocycles. The van der Waals surface area contributed by atoms with Gasteiger partial charge in [-0.15, -0.1) is 12.4 Å². The normalized spacial score (nSPS) is 21.1. The molecule has 1 aliphatic carbocycles. The Morgan fingerprint density at radius 1 is 1.33 bits per heavy atom. The number of hydrogen-bond donors (Lipinski definition) is 2. The second kappa shape index (κ2) is 8.37. The average molecular weight is 313 g/mol. The summed E-state index contributed by atoms with van der Waals surface area (Å²) in [6.45, 7) is 4.63. The van der Waals surface area contributed by atoms with Crippen LogP contribution in [0, 0.1) is 5.92 Å². The number of nitrogens with one attached hydrogen (secondary N) is 1. The molecule has 0 radical (unpaired) electrons. The van der Waals surface area contributed by atoms with E-state index >= 15 is 0 Å². The molecule has 2 unspecified atom stereocenters. The van der Waals surface area contributed by atoms with Gasteiger partial charge in [-0.2, -0.15) is 0 Å². The first-order chi connectivity index (χ1) is 9.54. The number of carbonyl (C=O) groups is 1. The molecule has 0 bridgehead atoms. The highest BCUT2D eigenvalue weighted by atomic mass is 35.5. The Hall–Kier alpha value is -1.10. The van der Waals surface area contributed by atoms with Crippen molar-refractivity contribution in [3.8, 4) is 0 Å². The fourth-order valence-electron chi connectivity index (χ4n) is 2.45. The lowest BCUT2D eigenvalue weighted by molar-refractivity contribution is -0.119. The summed E-state index contributed by atoms with van der Waals surface area (Å²) < 4.78 is 5.54. The number of hydrogen-bond acceptors (Lipinski definition) is 3. The van der Waals surface area contributed by atoms with Crippen molar-refractivity contribution in [1.82, 2.24) is 0 Å². The predicted octanol–water partition coefficient (Wildman–Crippen LogP) is 3.10. The van der Waals surface area contributed by atoms with E-state index in [2.05, 4.69) is 5.32 Å². The lowest BCUT2D eigenvalue weighted by Crippen LogP contribution is -2.23. The van der Waals surface area contributed by atoms with Gasteiger partial charge in [-0.1, -0.05) is 12.1 Å². The van der Waals surface area contributed by atoms with Gasteiger partial charge in [0.2, 0.25) is 5.91 Å². The van der Waals surface area contributed by atoms with Gasteiger partial charge in [-0.05, 0) is 50.8 Å². The van der Waals surface area contributed by atoms with Gasteiger partial charge in [-0.25, -0.2) is 0 Å². The quantitative estimate of drug-likeness (QED) is 0.878. The first-order valence-electron chi connectivity index (χ1n) is 7.31. The van der Waals surface area contributed by atoms with Crippen LogP contribution in [0.1, 0.15) is 38.7 Å². The zero-order chi connectivity index (χ0) is 14.5.